The first kappa shape index (κ1) is 21.7. The summed E-state index contributed by atoms with van der Waals surface area (Å²) in [6.45, 7) is 6.28. The van der Waals surface area contributed by atoms with E-state index in [-0.39, 0.29) is 11.9 Å². The lowest BCUT2D eigenvalue weighted by Crippen LogP contribution is -2.40. The number of amides is 2. The third kappa shape index (κ3) is 6.76. The zero-order valence-electron chi connectivity index (χ0n) is 18.0. The summed E-state index contributed by atoms with van der Waals surface area (Å²) in [5.41, 5.74) is 0.649. The van der Waals surface area contributed by atoms with E-state index in [4.69, 9.17) is 4.74 Å². The molecule has 1 saturated heterocycles. The zero-order chi connectivity index (χ0) is 20.6. The molecular formula is C24H36N2O3. The van der Waals surface area contributed by atoms with Crippen molar-refractivity contribution in [1.29, 1.82) is 0 Å². The van der Waals surface area contributed by atoms with Gasteiger partial charge < -0.3 is 15.0 Å². The minimum absolute atomic E-state index is 0.0585. The normalized spacial score (nSPS) is 18.7. The van der Waals surface area contributed by atoms with Crippen molar-refractivity contribution in [3.8, 4) is 5.75 Å². The summed E-state index contributed by atoms with van der Waals surface area (Å²) < 4.78 is 5.94. The van der Waals surface area contributed by atoms with E-state index in [1.54, 1.807) is 12.1 Å². The first-order valence-corrected chi connectivity index (χ1v) is 11.3. The fourth-order valence-electron chi connectivity index (χ4n) is 4.38. The number of carbonyl (C=O) groups is 2. The maximum absolute atomic E-state index is 12.6. The fraction of sp³-hybridized carbons (Fsp3) is 0.667. The number of benzene rings is 1. The number of nitrogens with zero attached hydrogens (tertiary/aromatic N) is 1. The van der Waals surface area contributed by atoms with Gasteiger partial charge in [-0.1, -0.05) is 19.3 Å². The summed E-state index contributed by atoms with van der Waals surface area (Å²) in [7, 11) is 0. The molecule has 0 spiro atoms. The van der Waals surface area contributed by atoms with Crippen LogP contribution in [0.4, 0.5) is 0 Å². The molecule has 160 valence electrons. The van der Waals surface area contributed by atoms with E-state index in [1.165, 1.54) is 32.1 Å². The van der Waals surface area contributed by atoms with Crippen LogP contribution in [-0.4, -0.2) is 42.5 Å². The summed E-state index contributed by atoms with van der Waals surface area (Å²) in [4.78, 5) is 26.6. The molecule has 3 rings (SSSR count). The second kappa shape index (κ2) is 10.7. The molecule has 5 nitrogen and oxygen atoms in total. The SMILES string of the molecule is CC(C)NC(=O)c1ccc(OCC2CCN(C(=O)CC3CCCCC3)CC2)cc1. The molecule has 0 unspecified atom stereocenters. The standard InChI is InChI=1S/C24H36N2O3/c1-18(2)25-24(28)21-8-10-22(11-9-21)29-17-20-12-14-26(15-13-20)23(27)16-19-6-4-3-5-7-19/h8-11,18-20H,3-7,12-17H2,1-2H3,(H,25,28). The highest BCUT2D eigenvalue weighted by Gasteiger charge is 2.25. The Kier molecular flexibility index (Phi) is 7.96. The molecule has 1 aromatic carbocycles. The molecule has 2 fully saturated rings. The Labute approximate surface area is 175 Å². The Balaban J connectivity index is 1.37. The summed E-state index contributed by atoms with van der Waals surface area (Å²) >= 11 is 0. The van der Waals surface area contributed by atoms with E-state index < -0.39 is 0 Å². The molecule has 1 N–H and O–H groups in total. The number of piperidine rings is 1. The molecular weight excluding hydrogens is 364 g/mol. The van der Waals surface area contributed by atoms with Crippen LogP contribution in [0.5, 0.6) is 5.75 Å². The van der Waals surface area contributed by atoms with E-state index in [9.17, 15) is 9.59 Å². The number of hydrogen-bond acceptors (Lipinski definition) is 3. The predicted molar refractivity (Wildman–Crippen MR) is 115 cm³/mol. The van der Waals surface area contributed by atoms with Gasteiger partial charge >= 0.3 is 0 Å². The molecule has 5 heteroatoms. The average Bonchev–Trinajstić information content (AvgIpc) is 2.73. The smallest absolute Gasteiger partial charge is 0.251 e. The molecule has 2 aliphatic rings. The fourth-order valence-corrected chi connectivity index (χ4v) is 4.38. The number of ether oxygens (including phenoxy) is 1. The summed E-state index contributed by atoms with van der Waals surface area (Å²) in [5, 5.41) is 2.89. The lowest BCUT2D eigenvalue weighted by molar-refractivity contribution is -0.134. The van der Waals surface area contributed by atoms with Crippen molar-refractivity contribution in [3.63, 3.8) is 0 Å². The molecule has 1 aromatic rings. The molecule has 2 amide bonds. The van der Waals surface area contributed by atoms with Gasteiger partial charge in [0.05, 0.1) is 6.61 Å². The molecule has 1 aliphatic heterocycles. The second-order valence-corrected chi connectivity index (χ2v) is 9.00. The topological polar surface area (TPSA) is 58.6 Å². The predicted octanol–water partition coefficient (Wildman–Crippen LogP) is 4.41. The molecule has 0 radical (unpaired) electrons. The molecule has 0 bridgehead atoms. The molecule has 1 heterocycles. The van der Waals surface area contributed by atoms with Crippen LogP contribution in [0.2, 0.25) is 0 Å². The highest BCUT2D eigenvalue weighted by Crippen LogP contribution is 2.28. The third-order valence-electron chi connectivity index (χ3n) is 6.18. The van der Waals surface area contributed by atoms with Crippen LogP contribution in [0.15, 0.2) is 24.3 Å². The first-order valence-electron chi connectivity index (χ1n) is 11.3. The van der Waals surface area contributed by atoms with Gasteiger partial charge in [-0.15, -0.1) is 0 Å². The quantitative estimate of drug-likeness (QED) is 0.737. The molecule has 1 saturated carbocycles. The highest BCUT2D eigenvalue weighted by molar-refractivity contribution is 5.94. The molecule has 0 atom stereocenters. The van der Waals surface area contributed by atoms with Gasteiger partial charge in [0.25, 0.3) is 5.91 Å². The molecule has 29 heavy (non-hydrogen) atoms. The Morgan fingerprint density at radius 1 is 1.00 bits per heavy atom. The van der Waals surface area contributed by atoms with Crippen molar-refractivity contribution >= 4 is 11.8 Å². The van der Waals surface area contributed by atoms with E-state index >= 15 is 0 Å². The largest absolute Gasteiger partial charge is 0.493 e. The second-order valence-electron chi connectivity index (χ2n) is 9.00. The van der Waals surface area contributed by atoms with Crippen LogP contribution in [0.3, 0.4) is 0 Å². The van der Waals surface area contributed by atoms with Gasteiger partial charge in [0, 0.05) is 31.1 Å². The van der Waals surface area contributed by atoms with Crippen molar-refractivity contribution in [2.45, 2.75) is 71.3 Å². The number of rotatable bonds is 7. The van der Waals surface area contributed by atoms with Crippen LogP contribution < -0.4 is 10.1 Å². The van der Waals surface area contributed by atoms with Gasteiger partial charge in [-0.25, -0.2) is 0 Å². The Morgan fingerprint density at radius 3 is 2.28 bits per heavy atom. The monoisotopic (exact) mass is 400 g/mol. The minimum atomic E-state index is -0.0585. The minimum Gasteiger partial charge on any atom is -0.493 e. The van der Waals surface area contributed by atoms with Crippen LogP contribution in [-0.2, 0) is 4.79 Å². The van der Waals surface area contributed by atoms with E-state index in [2.05, 4.69) is 10.2 Å². The van der Waals surface area contributed by atoms with Gasteiger partial charge in [-0.2, -0.15) is 0 Å². The average molecular weight is 401 g/mol. The third-order valence-corrected chi connectivity index (χ3v) is 6.18. The summed E-state index contributed by atoms with van der Waals surface area (Å²) in [6, 6.07) is 7.45. The van der Waals surface area contributed by atoms with E-state index in [0.717, 1.165) is 38.1 Å². The van der Waals surface area contributed by atoms with Crippen molar-refractivity contribution in [2.75, 3.05) is 19.7 Å². The van der Waals surface area contributed by atoms with Crippen molar-refractivity contribution in [3.05, 3.63) is 29.8 Å². The van der Waals surface area contributed by atoms with Crippen LogP contribution >= 0.6 is 0 Å². The van der Waals surface area contributed by atoms with Crippen LogP contribution in [0, 0.1) is 11.8 Å². The number of carbonyl (C=O) groups excluding carboxylic acids is 2. The highest BCUT2D eigenvalue weighted by atomic mass is 16.5. The number of nitrogens with one attached hydrogen (secondary N) is 1. The number of likely N-dealkylation sites (tertiary alicyclic amines) is 1. The lowest BCUT2D eigenvalue weighted by atomic mass is 9.86. The van der Waals surface area contributed by atoms with Gasteiger partial charge in [0.15, 0.2) is 0 Å². The Morgan fingerprint density at radius 2 is 1.66 bits per heavy atom. The van der Waals surface area contributed by atoms with Gasteiger partial charge in [0.1, 0.15) is 5.75 Å². The molecule has 0 aromatic heterocycles. The maximum atomic E-state index is 12.6. The van der Waals surface area contributed by atoms with E-state index in [1.807, 2.05) is 26.0 Å². The molecule has 1 aliphatic carbocycles. The van der Waals surface area contributed by atoms with Crippen molar-refractivity contribution in [2.24, 2.45) is 11.8 Å². The van der Waals surface area contributed by atoms with Crippen LogP contribution in [0.1, 0.15) is 75.6 Å². The van der Waals surface area contributed by atoms with E-state index in [0.29, 0.717) is 29.9 Å². The van der Waals surface area contributed by atoms with Crippen LogP contribution in [0.25, 0.3) is 0 Å². The zero-order valence-corrected chi connectivity index (χ0v) is 18.0. The number of hydrogen-bond donors (Lipinski definition) is 1. The maximum Gasteiger partial charge on any atom is 0.251 e. The van der Waals surface area contributed by atoms with Crippen molar-refractivity contribution in [1.82, 2.24) is 10.2 Å². The Hall–Kier alpha value is -2.04. The first-order chi connectivity index (χ1) is 14.0. The lowest BCUT2D eigenvalue weighted by Gasteiger charge is -2.33. The van der Waals surface area contributed by atoms with Crippen molar-refractivity contribution < 1.29 is 14.3 Å². The summed E-state index contributed by atoms with van der Waals surface area (Å²) in [6.07, 6.45) is 9.14. The summed E-state index contributed by atoms with van der Waals surface area (Å²) in [5.74, 6) is 2.19. The van der Waals surface area contributed by atoms with Gasteiger partial charge in [-0.3, -0.25) is 9.59 Å². The Bertz CT molecular complexity index is 657. The van der Waals surface area contributed by atoms with Gasteiger partial charge in [-0.05, 0) is 75.6 Å². The van der Waals surface area contributed by atoms with Gasteiger partial charge in [0.2, 0.25) is 5.91 Å².